The van der Waals surface area contributed by atoms with Gasteiger partial charge < -0.3 is 5.32 Å². The zero-order valence-electron chi connectivity index (χ0n) is 15.6. The van der Waals surface area contributed by atoms with Gasteiger partial charge in [0.2, 0.25) is 0 Å². The van der Waals surface area contributed by atoms with Gasteiger partial charge in [-0.05, 0) is 55.5 Å². The van der Waals surface area contributed by atoms with E-state index in [4.69, 9.17) is 23.2 Å². The van der Waals surface area contributed by atoms with Gasteiger partial charge >= 0.3 is 0 Å². The molecule has 0 saturated heterocycles. The van der Waals surface area contributed by atoms with Crippen LogP contribution in [0.3, 0.4) is 0 Å². The highest BCUT2D eigenvalue weighted by Crippen LogP contribution is 2.44. The number of thiophene rings is 1. The first kappa shape index (κ1) is 21.0. The van der Waals surface area contributed by atoms with Crippen molar-refractivity contribution < 1.29 is 4.79 Å². The first-order valence-corrected chi connectivity index (χ1v) is 11.2. The monoisotopic (exact) mass is 448 g/mol. The maximum absolute atomic E-state index is 12.4. The van der Waals surface area contributed by atoms with Crippen molar-refractivity contribution in [1.29, 1.82) is 5.26 Å². The molecular weight excluding hydrogens is 431 g/mol. The molecule has 0 unspecified atom stereocenters. The zero-order chi connectivity index (χ0) is 20.4. The summed E-state index contributed by atoms with van der Waals surface area (Å²) in [6.45, 7) is 5.46. The average molecular weight is 449 g/mol. The highest BCUT2D eigenvalue weighted by atomic mass is 35.5. The Labute approximate surface area is 183 Å². The number of halogens is 2. The van der Waals surface area contributed by atoms with Crippen LogP contribution < -0.4 is 5.32 Å². The van der Waals surface area contributed by atoms with Crippen LogP contribution >= 0.6 is 46.3 Å². The van der Waals surface area contributed by atoms with E-state index in [0.29, 0.717) is 26.9 Å². The number of rotatable bonds is 5. The second-order valence-electron chi connectivity index (χ2n) is 6.51. The van der Waals surface area contributed by atoms with Crippen molar-refractivity contribution in [2.45, 2.75) is 32.4 Å². The minimum Gasteiger partial charge on any atom is -0.353 e. The molecule has 0 aliphatic carbocycles. The van der Waals surface area contributed by atoms with E-state index >= 15 is 0 Å². The predicted octanol–water partition coefficient (Wildman–Crippen LogP) is 6.58. The standard InChI is InChI=1S/C21H18Cl2N2OS2/c1-11-6-7-27-20(11)19-15(9-24)21(25-12(2)18(19)13(3)26)28-10-14-4-5-16(22)17(23)8-14/h4-8,19,25H,10H2,1-3H3/t19-/m1/s1. The lowest BCUT2D eigenvalue weighted by molar-refractivity contribution is -0.113. The van der Waals surface area contributed by atoms with Gasteiger partial charge in [-0.25, -0.2) is 0 Å². The molecule has 0 spiro atoms. The molecule has 0 fully saturated rings. The van der Waals surface area contributed by atoms with Gasteiger partial charge in [-0.3, -0.25) is 4.79 Å². The number of hydrogen-bond donors (Lipinski definition) is 1. The summed E-state index contributed by atoms with van der Waals surface area (Å²) in [7, 11) is 0. The Morgan fingerprint density at radius 2 is 2.04 bits per heavy atom. The van der Waals surface area contributed by atoms with E-state index in [0.717, 1.165) is 26.7 Å². The topological polar surface area (TPSA) is 52.9 Å². The number of thioether (sulfide) groups is 1. The summed E-state index contributed by atoms with van der Waals surface area (Å²) < 4.78 is 0. The Bertz CT molecular complexity index is 1050. The van der Waals surface area contributed by atoms with E-state index in [9.17, 15) is 10.1 Å². The van der Waals surface area contributed by atoms with Gasteiger partial charge in [-0.1, -0.05) is 29.3 Å². The lowest BCUT2D eigenvalue weighted by Crippen LogP contribution is -2.26. The van der Waals surface area contributed by atoms with Gasteiger partial charge in [-0.15, -0.1) is 23.1 Å². The number of nitrogens with one attached hydrogen (secondary N) is 1. The minimum atomic E-state index is -0.333. The van der Waals surface area contributed by atoms with Crippen LogP contribution in [0.25, 0.3) is 0 Å². The second-order valence-corrected chi connectivity index (χ2v) is 9.26. The number of Topliss-reactive ketones (excluding diaryl/α,β-unsaturated/α-hetero) is 1. The maximum Gasteiger partial charge on any atom is 0.158 e. The van der Waals surface area contributed by atoms with Crippen LogP contribution in [0.1, 0.15) is 35.8 Å². The number of aryl methyl sites for hydroxylation is 1. The second kappa shape index (κ2) is 8.75. The van der Waals surface area contributed by atoms with Crippen molar-refractivity contribution in [3.8, 4) is 6.07 Å². The van der Waals surface area contributed by atoms with Crippen LogP contribution in [0, 0.1) is 18.3 Å². The quantitative estimate of drug-likeness (QED) is 0.560. The van der Waals surface area contributed by atoms with Crippen LogP contribution in [0.4, 0.5) is 0 Å². The highest BCUT2D eigenvalue weighted by Gasteiger charge is 2.34. The lowest BCUT2D eigenvalue weighted by Gasteiger charge is -2.29. The van der Waals surface area contributed by atoms with Gasteiger partial charge in [0.25, 0.3) is 0 Å². The van der Waals surface area contributed by atoms with Crippen molar-refractivity contribution in [3.63, 3.8) is 0 Å². The molecule has 1 aromatic carbocycles. The molecule has 0 saturated carbocycles. The summed E-state index contributed by atoms with van der Waals surface area (Å²) in [5, 5.41) is 17.0. The SMILES string of the molecule is CC(=O)C1=C(C)NC(SCc2ccc(Cl)c(Cl)c2)=C(C#N)[C@H]1c1sccc1C. The molecule has 1 N–H and O–H groups in total. The first-order valence-electron chi connectivity index (χ1n) is 8.57. The van der Waals surface area contributed by atoms with Crippen LogP contribution in [0.5, 0.6) is 0 Å². The normalized spacial score (nSPS) is 16.8. The number of nitriles is 1. The van der Waals surface area contributed by atoms with Gasteiger partial charge in [0, 0.05) is 21.9 Å². The van der Waals surface area contributed by atoms with Crippen molar-refractivity contribution in [2.75, 3.05) is 0 Å². The van der Waals surface area contributed by atoms with Gasteiger partial charge in [0.05, 0.1) is 32.6 Å². The Morgan fingerprint density at radius 3 is 2.61 bits per heavy atom. The van der Waals surface area contributed by atoms with Crippen LogP contribution in [-0.4, -0.2) is 5.78 Å². The van der Waals surface area contributed by atoms with Crippen molar-refractivity contribution in [1.82, 2.24) is 5.32 Å². The Balaban J connectivity index is 1.99. The maximum atomic E-state index is 12.4. The lowest BCUT2D eigenvalue weighted by atomic mass is 9.84. The molecule has 3 nitrogen and oxygen atoms in total. The molecule has 0 radical (unpaired) electrons. The van der Waals surface area contributed by atoms with E-state index in [1.165, 1.54) is 11.8 Å². The van der Waals surface area contributed by atoms with Crippen LogP contribution in [0.15, 0.2) is 51.5 Å². The van der Waals surface area contributed by atoms with Gasteiger partial charge in [0.15, 0.2) is 5.78 Å². The van der Waals surface area contributed by atoms with E-state index in [1.54, 1.807) is 24.3 Å². The zero-order valence-corrected chi connectivity index (χ0v) is 18.7. The molecule has 28 heavy (non-hydrogen) atoms. The third kappa shape index (κ3) is 4.16. The Kier molecular flexibility index (Phi) is 6.57. The summed E-state index contributed by atoms with van der Waals surface area (Å²) in [5.41, 5.74) is 4.12. The number of hydrogen-bond acceptors (Lipinski definition) is 5. The summed E-state index contributed by atoms with van der Waals surface area (Å²) in [4.78, 5) is 13.4. The Morgan fingerprint density at radius 1 is 1.29 bits per heavy atom. The minimum absolute atomic E-state index is 0.0240. The number of ketones is 1. The van der Waals surface area contributed by atoms with E-state index < -0.39 is 0 Å². The number of nitrogens with zero attached hydrogens (tertiary/aromatic N) is 1. The molecule has 1 aromatic heterocycles. The van der Waals surface area contributed by atoms with E-state index in [1.807, 2.05) is 37.4 Å². The highest BCUT2D eigenvalue weighted by molar-refractivity contribution is 8.02. The van der Waals surface area contributed by atoms with Crippen molar-refractivity contribution in [2.24, 2.45) is 0 Å². The summed E-state index contributed by atoms with van der Waals surface area (Å²) in [5.74, 6) is 0.271. The molecule has 144 valence electrons. The molecule has 1 aliphatic heterocycles. The Hall–Kier alpha value is -1.71. The third-order valence-electron chi connectivity index (χ3n) is 4.56. The average Bonchev–Trinajstić information content (AvgIpc) is 3.07. The molecule has 0 amide bonds. The molecule has 2 aromatic rings. The van der Waals surface area contributed by atoms with Crippen LogP contribution in [0.2, 0.25) is 10.0 Å². The fraction of sp³-hybridized carbons (Fsp3) is 0.238. The summed E-state index contributed by atoms with van der Waals surface area (Å²) >= 11 is 15.2. The molecule has 1 atom stereocenters. The number of carbonyl (C=O) groups is 1. The van der Waals surface area contributed by atoms with Gasteiger partial charge in [0.1, 0.15) is 0 Å². The number of benzene rings is 1. The molecular formula is C21H18Cl2N2OS2. The fourth-order valence-electron chi connectivity index (χ4n) is 3.22. The van der Waals surface area contributed by atoms with Gasteiger partial charge in [-0.2, -0.15) is 5.26 Å². The van der Waals surface area contributed by atoms with E-state index in [-0.39, 0.29) is 11.7 Å². The third-order valence-corrected chi connectivity index (χ3v) is 7.47. The van der Waals surface area contributed by atoms with E-state index in [2.05, 4.69) is 11.4 Å². The molecule has 2 heterocycles. The predicted molar refractivity (Wildman–Crippen MR) is 119 cm³/mol. The molecule has 0 bridgehead atoms. The number of carbonyl (C=O) groups excluding carboxylic acids is 1. The molecule has 7 heteroatoms. The molecule has 1 aliphatic rings. The van der Waals surface area contributed by atoms with Crippen LogP contribution in [-0.2, 0) is 10.5 Å². The summed E-state index contributed by atoms with van der Waals surface area (Å²) in [6, 6.07) is 9.89. The smallest absolute Gasteiger partial charge is 0.158 e. The van der Waals surface area contributed by atoms with Crippen molar-refractivity contribution in [3.05, 3.63) is 77.6 Å². The number of dihydropyridines is 1. The first-order chi connectivity index (χ1) is 13.3. The number of allylic oxidation sites excluding steroid dienone is 3. The fourth-order valence-corrected chi connectivity index (χ4v) is 5.62. The van der Waals surface area contributed by atoms with Crippen molar-refractivity contribution >= 4 is 52.1 Å². The largest absolute Gasteiger partial charge is 0.353 e. The summed E-state index contributed by atoms with van der Waals surface area (Å²) in [6.07, 6.45) is 0. The molecule has 3 rings (SSSR count).